The molecule has 1 N–H and O–H groups in total. The lowest BCUT2D eigenvalue weighted by Gasteiger charge is -2.18. The minimum Gasteiger partial charge on any atom is -0.391 e. The molecule has 3 rings (SSSR count). The Morgan fingerprint density at radius 1 is 1.32 bits per heavy atom. The first-order valence-electron chi connectivity index (χ1n) is 6.76. The monoisotopic (exact) mass is 274 g/mol. The van der Waals surface area contributed by atoms with Crippen LogP contribution in [0, 0.1) is 0 Å². The largest absolute Gasteiger partial charge is 0.391 e. The summed E-state index contributed by atoms with van der Waals surface area (Å²) < 4.78 is 0. The van der Waals surface area contributed by atoms with E-state index in [1.807, 2.05) is 30.3 Å². The highest BCUT2D eigenvalue weighted by Crippen LogP contribution is 2.38. The summed E-state index contributed by atoms with van der Waals surface area (Å²) in [5.41, 5.74) is 2.02. The first-order chi connectivity index (χ1) is 9.33. The predicted octanol–water partition coefficient (Wildman–Crippen LogP) is 3.29. The molecule has 0 bridgehead atoms. The lowest BCUT2D eigenvalue weighted by Crippen LogP contribution is -2.24. The smallest absolute Gasteiger partial charge is 0.186 e. The molecule has 2 aromatic rings. The summed E-state index contributed by atoms with van der Waals surface area (Å²) in [6.45, 7) is 3.21. The van der Waals surface area contributed by atoms with Gasteiger partial charge >= 0.3 is 0 Å². The van der Waals surface area contributed by atoms with Crippen molar-refractivity contribution in [1.82, 2.24) is 4.98 Å². The minimum absolute atomic E-state index is 0.0596. The van der Waals surface area contributed by atoms with Crippen LogP contribution < -0.4 is 4.90 Å². The van der Waals surface area contributed by atoms with Gasteiger partial charge in [0.2, 0.25) is 0 Å². The van der Waals surface area contributed by atoms with Crippen LogP contribution in [0.2, 0.25) is 0 Å². The molecule has 1 fully saturated rings. The van der Waals surface area contributed by atoms with E-state index in [0.717, 1.165) is 27.8 Å². The van der Waals surface area contributed by atoms with E-state index < -0.39 is 0 Å². The summed E-state index contributed by atoms with van der Waals surface area (Å²) in [5, 5.41) is 10.6. The zero-order valence-corrected chi connectivity index (χ0v) is 11.9. The fraction of sp³-hybridized carbons (Fsp3) is 0.400. The molecule has 1 aromatic carbocycles. The number of thiazole rings is 1. The number of aromatic nitrogens is 1. The minimum atomic E-state index is 0.0596. The van der Waals surface area contributed by atoms with Gasteiger partial charge in [-0.1, -0.05) is 41.7 Å². The van der Waals surface area contributed by atoms with E-state index in [1.165, 1.54) is 12.8 Å². The summed E-state index contributed by atoms with van der Waals surface area (Å²) in [7, 11) is 0. The molecule has 0 saturated heterocycles. The maximum Gasteiger partial charge on any atom is 0.186 e. The topological polar surface area (TPSA) is 36.4 Å². The van der Waals surface area contributed by atoms with Gasteiger partial charge in [0, 0.05) is 18.2 Å². The SMILES string of the molecule is CCN(c1nc(-c2ccccc2)c(CO)s1)C1CC1. The van der Waals surface area contributed by atoms with Gasteiger partial charge in [-0.2, -0.15) is 0 Å². The lowest BCUT2D eigenvalue weighted by atomic mass is 10.1. The molecule has 0 amide bonds. The fourth-order valence-electron chi connectivity index (χ4n) is 2.33. The van der Waals surface area contributed by atoms with Gasteiger partial charge in [0.05, 0.1) is 17.2 Å². The third-order valence-electron chi connectivity index (χ3n) is 3.45. The van der Waals surface area contributed by atoms with Crippen molar-refractivity contribution in [2.75, 3.05) is 11.4 Å². The van der Waals surface area contributed by atoms with Gasteiger partial charge in [0.15, 0.2) is 5.13 Å². The van der Waals surface area contributed by atoms with E-state index in [2.05, 4.69) is 11.8 Å². The summed E-state index contributed by atoms with van der Waals surface area (Å²) in [4.78, 5) is 8.08. The van der Waals surface area contributed by atoms with Gasteiger partial charge in [0.25, 0.3) is 0 Å². The molecular weight excluding hydrogens is 256 g/mol. The Morgan fingerprint density at radius 2 is 2.05 bits per heavy atom. The highest BCUT2D eigenvalue weighted by Gasteiger charge is 2.30. The van der Waals surface area contributed by atoms with Crippen LogP contribution in [0.15, 0.2) is 30.3 Å². The molecule has 1 heterocycles. The second-order valence-corrected chi connectivity index (χ2v) is 5.87. The van der Waals surface area contributed by atoms with Crippen LogP contribution in [0.3, 0.4) is 0 Å². The third-order valence-corrected chi connectivity index (χ3v) is 4.53. The van der Waals surface area contributed by atoms with Crippen LogP contribution in [-0.2, 0) is 6.61 Å². The van der Waals surface area contributed by atoms with Crippen molar-refractivity contribution in [3.63, 3.8) is 0 Å². The number of hydrogen-bond donors (Lipinski definition) is 1. The molecule has 3 nitrogen and oxygen atoms in total. The van der Waals surface area contributed by atoms with E-state index in [4.69, 9.17) is 4.98 Å². The Labute approximate surface area is 117 Å². The Balaban J connectivity index is 1.98. The van der Waals surface area contributed by atoms with Gasteiger partial charge in [-0.15, -0.1) is 0 Å². The van der Waals surface area contributed by atoms with Crippen LogP contribution in [0.1, 0.15) is 24.6 Å². The van der Waals surface area contributed by atoms with Gasteiger partial charge in [-0.25, -0.2) is 4.98 Å². The van der Waals surface area contributed by atoms with Gasteiger partial charge in [-0.3, -0.25) is 0 Å². The Kier molecular flexibility index (Phi) is 3.53. The molecule has 0 atom stereocenters. The van der Waals surface area contributed by atoms with Crippen molar-refractivity contribution >= 4 is 16.5 Å². The average Bonchev–Trinajstić information content (AvgIpc) is 3.19. The number of hydrogen-bond acceptors (Lipinski definition) is 4. The normalized spacial score (nSPS) is 14.6. The summed E-state index contributed by atoms with van der Waals surface area (Å²) in [6, 6.07) is 10.8. The van der Waals surface area contributed by atoms with Crippen LogP contribution in [0.25, 0.3) is 11.3 Å². The highest BCUT2D eigenvalue weighted by atomic mass is 32.1. The van der Waals surface area contributed by atoms with Crippen LogP contribution in [0.4, 0.5) is 5.13 Å². The fourth-order valence-corrected chi connectivity index (χ4v) is 3.40. The van der Waals surface area contributed by atoms with E-state index in [0.29, 0.717) is 6.04 Å². The molecule has 1 aliphatic carbocycles. The lowest BCUT2D eigenvalue weighted by molar-refractivity contribution is 0.286. The molecule has 1 aromatic heterocycles. The summed E-state index contributed by atoms with van der Waals surface area (Å²) >= 11 is 1.62. The number of aliphatic hydroxyl groups excluding tert-OH is 1. The van der Waals surface area contributed by atoms with Crippen LogP contribution in [0.5, 0.6) is 0 Å². The predicted molar refractivity (Wildman–Crippen MR) is 79.5 cm³/mol. The van der Waals surface area contributed by atoms with E-state index in [1.54, 1.807) is 11.3 Å². The van der Waals surface area contributed by atoms with Crippen molar-refractivity contribution in [1.29, 1.82) is 0 Å². The second kappa shape index (κ2) is 5.31. The molecule has 0 radical (unpaired) electrons. The molecular formula is C15H18N2OS. The molecule has 0 aliphatic heterocycles. The number of benzene rings is 1. The van der Waals surface area contributed by atoms with E-state index in [9.17, 15) is 5.11 Å². The Hall–Kier alpha value is -1.39. The summed E-state index contributed by atoms with van der Waals surface area (Å²) in [5.74, 6) is 0. The molecule has 0 spiro atoms. The standard InChI is InChI=1S/C15H18N2OS/c1-2-17(12-8-9-12)15-16-14(13(10-18)19-15)11-6-4-3-5-7-11/h3-7,12,18H,2,8-10H2,1H3. The summed E-state index contributed by atoms with van der Waals surface area (Å²) in [6.07, 6.45) is 2.53. The zero-order chi connectivity index (χ0) is 13.2. The Morgan fingerprint density at radius 3 is 2.63 bits per heavy atom. The van der Waals surface area contributed by atoms with Crippen molar-refractivity contribution in [3.8, 4) is 11.3 Å². The Bertz CT molecular complexity index is 549. The maximum atomic E-state index is 9.55. The zero-order valence-electron chi connectivity index (χ0n) is 11.0. The quantitative estimate of drug-likeness (QED) is 0.909. The first kappa shape index (κ1) is 12.6. The number of nitrogens with zero attached hydrogens (tertiary/aromatic N) is 2. The number of anilines is 1. The second-order valence-electron chi connectivity index (χ2n) is 4.81. The van der Waals surface area contributed by atoms with Gasteiger partial charge < -0.3 is 10.0 Å². The average molecular weight is 274 g/mol. The van der Waals surface area contributed by atoms with Crippen LogP contribution in [-0.4, -0.2) is 22.7 Å². The van der Waals surface area contributed by atoms with Crippen molar-refractivity contribution in [2.24, 2.45) is 0 Å². The maximum absolute atomic E-state index is 9.55. The van der Waals surface area contributed by atoms with E-state index in [-0.39, 0.29) is 6.61 Å². The highest BCUT2D eigenvalue weighted by molar-refractivity contribution is 7.16. The van der Waals surface area contributed by atoms with Crippen molar-refractivity contribution in [3.05, 3.63) is 35.2 Å². The number of aliphatic hydroxyl groups is 1. The van der Waals surface area contributed by atoms with E-state index >= 15 is 0 Å². The molecule has 4 heteroatoms. The molecule has 100 valence electrons. The van der Waals surface area contributed by atoms with Gasteiger partial charge in [-0.05, 0) is 19.8 Å². The molecule has 0 unspecified atom stereocenters. The molecule has 1 aliphatic rings. The van der Waals surface area contributed by atoms with Crippen molar-refractivity contribution in [2.45, 2.75) is 32.4 Å². The number of rotatable bonds is 5. The van der Waals surface area contributed by atoms with Gasteiger partial charge in [0.1, 0.15) is 0 Å². The first-order valence-corrected chi connectivity index (χ1v) is 7.57. The molecule has 1 saturated carbocycles. The third kappa shape index (κ3) is 2.51. The molecule has 19 heavy (non-hydrogen) atoms. The van der Waals surface area contributed by atoms with Crippen molar-refractivity contribution < 1.29 is 5.11 Å². The van der Waals surface area contributed by atoms with Crippen LogP contribution >= 0.6 is 11.3 Å².